The first kappa shape index (κ1) is 18.5. The lowest BCUT2D eigenvalue weighted by Crippen LogP contribution is -2.27. The van der Waals surface area contributed by atoms with E-state index in [1.54, 1.807) is 6.08 Å². The molecule has 1 aliphatic rings. The maximum Gasteiger partial charge on any atom is 0.298 e. The first-order chi connectivity index (χ1) is 13.6. The van der Waals surface area contributed by atoms with E-state index in [0.717, 1.165) is 42.1 Å². The molecular weight excluding hydrogens is 370 g/mol. The van der Waals surface area contributed by atoms with Gasteiger partial charge in [0.05, 0.1) is 21.6 Å². The van der Waals surface area contributed by atoms with Crippen LogP contribution >= 0.6 is 11.8 Å². The number of thioether (sulfide) groups is 1. The van der Waals surface area contributed by atoms with Gasteiger partial charge in [-0.1, -0.05) is 37.6 Å². The molecule has 2 aromatic carbocycles. The van der Waals surface area contributed by atoms with Crippen molar-refractivity contribution in [2.75, 3.05) is 4.90 Å². The van der Waals surface area contributed by atoms with Crippen molar-refractivity contribution in [1.29, 1.82) is 0 Å². The predicted molar refractivity (Wildman–Crippen MR) is 114 cm³/mol. The average molecular weight is 391 g/mol. The van der Waals surface area contributed by atoms with Gasteiger partial charge in [0, 0.05) is 13.1 Å². The van der Waals surface area contributed by atoms with Crippen LogP contribution in [-0.2, 0) is 18.3 Å². The zero-order chi connectivity index (χ0) is 19.7. The van der Waals surface area contributed by atoms with Crippen molar-refractivity contribution in [1.82, 2.24) is 9.55 Å². The minimum atomic E-state index is -0.302. The Bertz CT molecular complexity index is 1080. The molecule has 6 heteroatoms. The number of aryl methyl sites for hydroxylation is 2. The largest absolute Gasteiger partial charge is 0.328 e. The number of imidazole rings is 1. The van der Waals surface area contributed by atoms with Crippen LogP contribution in [0.5, 0.6) is 0 Å². The van der Waals surface area contributed by atoms with Crippen molar-refractivity contribution in [2.24, 2.45) is 7.05 Å². The van der Waals surface area contributed by atoms with Crippen LogP contribution in [0.3, 0.4) is 0 Å². The van der Waals surface area contributed by atoms with Gasteiger partial charge in [0.25, 0.3) is 11.1 Å². The Morgan fingerprint density at radius 3 is 2.54 bits per heavy atom. The third-order valence-electron chi connectivity index (χ3n) is 4.89. The first-order valence-corrected chi connectivity index (χ1v) is 10.2. The zero-order valence-corrected chi connectivity index (χ0v) is 16.7. The van der Waals surface area contributed by atoms with E-state index in [-0.39, 0.29) is 11.1 Å². The van der Waals surface area contributed by atoms with E-state index in [1.807, 2.05) is 60.1 Å². The van der Waals surface area contributed by atoms with Crippen molar-refractivity contribution in [3.63, 3.8) is 0 Å². The highest BCUT2D eigenvalue weighted by Crippen LogP contribution is 2.36. The maximum absolute atomic E-state index is 12.9. The number of fused-ring (bicyclic) bond motifs is 1. The number of nitrogens with zero attached hydrogens (tertiary/aromatic N) is 3. The van der Waals surface area contributed by atoms with Gasteiger partial charge < -0.3 is 4.57 Å². The summed E-state index contributed by atoms with van der Waals surface area (Å²) in [4.78, 5) is 31.6. The second-order valence-corrected chi connectivity index (χ2v) is 7.80. The Morgan fingerprint density at radius 2 is 1.82 bits per heavy atom. The molecule has 0 atom stereocenters. The van der Waals surface area contributed by atoms with Crippen LogP contribution < -0.4 is 4.90 Å². The molecule has 0 unspecified atom stereocenters. The van der Waals surface area contributed by atoms with E-state index in [9.17, 15) is 9.59 Å². The minimum absolute atomic E-state index is 0.281. The summed E-state index contributed by atoms with van der Waals surface area (Å²) >= 11 is 0.953. The van der Waals surface area contributed by atoms with Crippen LogP contribution in [0, 0.1) is 0 Å². The van der Waals surface area contributed by atoms with E-state index < -0.39 is 0 Å². The molecule has 0 bridgehead atoms. The number of para-hydroxylation sites is 2. The van der Waals surface area contributed by atoms with Crippen LogP contribution in [-0.4, -0.2) is 20.7 Å². The molecule has 0 spiro atoms. The van der Waals surface area contributed by atoms with E-state index >= 15 is 0 Å². The number of amides is 2. The Hall–Kier alpha value is -2.86. The van der Waals surface area contributed by atoms with Gasteiger partial charge in [-0.05, 0) is 54.4 Å². The molecule has 1 aromatic heterocycles. The predicted octanol–water partition coefficient (Wildman–Crippen LogP) is 5.16. The van der Waals surface area contributed by atoms with Crippen molar-refractivity contribution in [2.45, 2.75) is 26.2 Å². The second kappa shape index (κ2) is 7.64. The van der Waals surface area contributed by atoms with Crippen molar-refractivity contribution in [3.05, 3.63) is 64.8 Å². The van der Waals surface area contributed by atoms with E-state index in [4.69, 9.17) is 0 Å². The van der Waals surface area contributed by atoms with Gasteiger partial charge in [-0.3, -0.25) is 9.59 Å². The normalized spacial score (nSPS) is 15.9. The summed E-state index contributed by atoms with van der Waals surface area (Å²) in [6.45, 7) is 2.16. The molecule has 2 heterocycles. The molecule has 1 fully saturated rings. The Labute approximate surface area is 168 Å². The maximum atomic E-state index is 12.9. The molecule has 0 aliphatic carbocycles. The van der Waals surface area contributed by atoms with E-state index in [1.165, 1.54) is 10.5 Å². The summed E-state index contributed by atoms with van der Waals surface area (Å²) < 4.78 is 1.92. The summed E-state index contributed by atoms with van der Waals surface area (Å²) in [6, 6.07) is 15.5. The molecule has 142 valence electrons. The summed E-state index contributed by atoms with van der Waals surface area (Å²) in [5.41, 5.74) is 3.66. The molecule has 5 nitrogen and oxygen atoms in total. The lowest BCUT2D eigenvalue weighted by Gasteiger charge is -2.13. The van der Waals surface area contributed by atoms with Gasteiger partial charge in [-0.2, -0.15) is 0 Å². The Kier molecular flexibility index (Phi) is 5.05. The minimum Gasteiger partial charge on any atom is -0.328 e. The fraction of sp³-hybridized carbons (Fsp3) is 0.227. The zero-order valence-electron chi connectivity index (χ0n) is 15.9. The molecule has 0 N–H and O–H groups in total. The molecule has 2 amide bonds. The smallest absolute Gasteiger partial charge is 0.298 e. The van der Waals surface area contributed by atoms with Crippen LogP contribution in [0.25, 0.3) is 17.1 Å². The molecule has 1 aliphatic heterocycles. The topological polar surface area (TPSA) is 55.2 Å². The fourth-order valence-corrected chi connectivity index (χ4v) is 4.10. The quantitative estimate of drug-likeness (QED) is 0.564. The Balaban J connectivity index is 1.61. The van der Waals surface area contributed by atoms with Gasteiger partial charge in [0.1, 0.15) is 5.82 Å². The number of anilines is 1. The lowest BCUT2D eigenvalue weighted by molar-refractivity contribution is -0.113. The van der Waals surface area contributed by atoms with Crippen LogP contribution in [0.4, 0.5) is 10.5 Å². The number of benzene rings is 2. The monoisotopic (exact) mass is 391 g/mol. The SMILES string of the molecule is CCCCc1ccc(N2C(=O)S/C(=C/c3nc4ccccc4n3C)C2=O)cc1. The number of hydrogen-bond acceptors (Lipinski definition) is 4. The van der Waals surface area contributed by atoms with Crippen molar-refractivity contribution in [3.8, 4) is 0 Å². The van der Waals surface area contributed by atoms with Gasteiger partial charge >= 0.3 is 0 Å². The van der Waals surface area contributed by atoms with Gasteiger partial charge in [-0.15, -0.1) is 0 Å². The Morgan fingerprint density at radius 1 is 1.07 bits per heavy atom. The average Bonchev–Trinajstić information content (AvgIpc) is 3.17. The molecule has 0 saturated carbocycles. The molecular formula is C22H21N3O2S. The summed E-state index contributed by atoms with van der Waals surface area (Å²) in [6.07, 6.45) is 4.96. The highest BCUT2D eigenvalue weighted by atomic mass is 32.2. The number of carbonyl (C=O) groups excluding carboxylic acids is 2. The summed E-state index contributed by atoms with van der Waals surface area (Å²) in [7, 11) is 1.90. The highest BCUT2D eigenvalue weighted by Gasteiger charge is 2.36. The molecule has 1 saturated heterocycles. The number of hydrogen-bond donors (Lipinski definition) is 0. The van der Waals surface area contributed by atoms with Gasteiger partial charge in [0.2, 0.25) is 0 Å². The van der Waals surface area contributed by atoms with Crippen LogP contribution in [0.1, 0.15) is 31.2 Å². The summed E-state index contributed by atoms with van der Waals surface area (Å²) in [5, 5.41) is -0.281. The van der Waals surface area contributed by atoms with Gasteiger partial charge in [0.15, 0.2) is 0 Å². The van der Waals surface area contributed by atoms with E-state index in [2.05, 4.69) is 11.9 Å². The third kappa shape index (κ3) is 3.36. The first-order valence-electron chi connectivity index (χ1n) is 9.37. The number of imide groups is 1. The van der Waals surface area contributed by atoms with Crippen molar-refractivity contribution < 1.29 is 9.59 Å². The third-order valence-corrected chi connectivity index (χ3v) is 5.76. The number of rotatable bonds is 5. The second-order valence-electron chi connectivity index (χ2n) is 6.80. The van der Waals surface area contributed by atoms with Crippen molar-refractivity contribution >= 4 is 45.7 Å². The number of carbonyl (C=O) groups is 2. The van der Waals surface area contributed by atoms with Crippen LogP contribution in [0.2, 0.25) is 0 Å². The molecule has 0 radical (unpaired) electrons. The molecule has 3 aromatic rings. The summed E-state index contributed by atoms with van der Waals surface area (Å²) in [5.74, 6) is 0.352. The molecule has 4 rings (SSSR count). The van der Waals surface area contributed by atoms with Gasteiger partial charge in [-0.25, -0.2) is 9.88 Å². The highest BCUT2D eigenvalue weighted by molar-refractivity contribution is 8.19. The number of aromatic nitrogens is 2. The number of unbranched alkanes of at least 4 members (excludes halogenated alkanes) is 1. The van der Waals surface area contributed by atoms with Crippen LogP contribution in [0.15, 0.2) is 53.4 Å². The standard InChI is InChI=1S/C22H21N3O2S/c1-3-4-7-15-10-12-16(13-11-15)25-21(26)19(28-22(25)27)14-20-23-17-8-5-6-9-18(17)24(20)2/h5-6,8-14H,3-4,7H2,1-2H3/b19-14+. The van der Waals surface area contributed by atoms with E-state index in [0.29, 0.717) is 16.4 Å². The lowest BCUT2D eigenvalue weighted by atomic mass is 10.1. The molecule has 28 heavy (non-hydrogen) atoms. The fourth-order valence-electron chi connectivity index (χ4n) is 3.29.